The van der Waals surface area contributed by atoms with Crippen LogP contribution >= 0.6 is 0 Å². The molecule has 0 aliphatic carbocycles. The first-order valence-corrected chi connectivity index (χ1v) is 6.28. The zero-order valence-electron chi connectivity index (χ0n) is 4.72. The molecule has 0 fully saturated rings. The first-order valence-electron chi connectivity index (χ1n) is 2.46. The Morgan fingerprint density at radius 2 is 2.25 bits per heavy atom. The number of allylic oxidation sites excluding steroid dienone is 2. The molecule has 46 valence electrons. The van der Waals surface area contributed by atoms with Crippen LogP contribution in [-0.4, -0.2) is 12.7 Å². The molecule has 1 aliphatic rings. The van der Waals surface area contributed by atoms with Gasteiger partial charge < -0.3 is 0 Å². The van der Waals surface area contributed by atoms with Gasteiger partial charge in [0.1, 0.15) is 0 Å². The van der Waals surface area contributed by atoms with Crippen molar-refractivity contribution < 1.29 is 7.67 Å². The van der Waals surface area contributed by atoms with Crippen molar-refractivity contribution in [3.05, 3.63) is 11.6 Å². The van der Waals surface area contributed by atoms with E-state index in [9.17, 15) is 7.67 Å². The van der Waals surface area contributed by atoms with Crippen LogP contribution in [0, 0.1) is 0 Å². The van der Waals surface area contributed by atoms with Crippen LogP contribution in [0.25, 0.3) is 0 Å². The Morgan fingerprint density at radius 1 is 1.62 bits per heavy atom. The third kappa shape index (κ3) is 1.17. The maximum absolute atomic E-state index is 10.7. The van der Waals surface area contributed by atoms with Crippen LogP contribution in [0.5, 0.6) is 0 Å². The predicted molar refractivity (Wildman–Crippen MR) is 30.5 cm³/mol. The summed E-state index contributed by atoms with van der Waals surface area (Å²) in [7, 11) is 0. The first-order chi connectivity index (χ1) is 3.60. The Morgan fingerprint density at radius 3 is 2.38 bits per heavy atom. The molecule has 2 nitrogen and oxygen atoms in total. The van der Waals surface area contributed by atoms with Crippen LogP contribution in [0.4, 0.5) is 0 Å². The number of hydrogen-bond donors (Lipinski definition) is 0. The van der Waals surface area contributed by atoms with Crippen molar-refractivity contribution in [3.8, 4) is 0 Å². The Labute approximate surface area is 50.2 Å². The predicted octanol–water partition coefficient (Wildman–Crippen LogP) is 1.25. The summed E-state index contributed by atoms with van der Waals surface area (Å²) in [5, 5.41) is 0.666. The van der Waals surface area contributed by atoms with Gasteiger partial charge >= 0.3 is 49.6 Å². The minimum absolute atomic E-state index is 0.322. The molecule has 0 saturated carbocycles. The average molecular weight is 179 g/mol. The molecule has 0 radical (unpaired) electrons. The fourth-order valence-corrected chi connectivity index (χ4v) is 3.81. The van der Waals surface area contributed by atoms with Crippen molar-refractivity contribution in [1.29, 1.82) is 0 Å². The second kappa shape index (κ2) is 1.67. The molecule has 0 aromatic carbocycles. The molecule has 3 heteroatoms. The second-order valence-corrected chi connectivity index (χ2v) is 6.53. The van der Waals surface area contributed by atoms with E-state index in [0.717, 1.165) is 5.57 Å². The van der Waals surface area contributed by atoms with E-state index in [0.29, 0.717) is 10.6 Å². The van der Waals surface area contributed by atoms with Crippen LogP contribution in [-0.2, 0) is 7.67 Å². The Kier molecular flexibility index (Phi) is 1.25. The van der Waals surface area contributed by atoms with E-state index in [1.165, 1.54) is 0 Å². The molecule has 1 aliphatic heterocycles. The molecular formula is C5H8O2Se. The van der Waals surface area contributed by atoms with Crippen molar-refractivity contribution in [2.75, 3.05) is 0 Å². The van der Waals surface area contributed by atoms with Crippen molar-refractivity contribution in [1.82, 2.24) is 0 Å². The van der Waals surface area contributed by atoms with Crippen LogP contribution in [0.2, 0.25) is 10.6 Å². The topological polar surface area (TPSA) is 34.1 Å². The zero-order valence-corrected chi connectivity index (χ0v) is 6.43. The molecule has 0 bridgehead atoms. The van der Waals surface area contributed by atoms with Crippen molar-refractivity contribution in [2.45, 2.75) is 17.6 Å². The molecular weight excluding hydrogens is 171 g/mol. The van der Waals surface area contributed by atoms with Gasteiger partial charge in [-0.1, -0.05) is 0 Å². The quantitative estimate of drug-likeness (QED) is 0.414. The van der Waals surface area contributed by atoms with Crippen LogP contribution < -0.4 is 0 Å². The standard InChI is InChI=1S/C5H8O2Se/c1-5-2-3-8(6,7)4-5/h2H,3-4H2,1H3. The Hall–Kier alpha value is -0.141. The van der Waals surface area contributed by atoms with E-state index in [4.69, 9.17) is 0 Å². The molecule has 0 unspecified atom stereocenters. The van der Waals surface area contributed by atoms with Gasteiger partial charge in [-0.2, -0.15) is 0 Å². The molecule has 1 rings (SSSR count). The van der Waals surface area contributed by atoms with Crippen molar-refractivity contribution in [2.24, 2.45) is 0 Å². The molecule has 0 aromatic heterocycles. The van der Waals surface area contributed by atoms with E-state index < -0.39 is 12.7 Å². The van der Waals surface area contributed by atoms with Gasteiger partial charge in [0, 0.05) is 0 Å². The SMILES string of the molecule is CC1=CC[Se](=O)(=O)C1. The average Bonchev–Trinajstić information content (AvgIpc) is 1.82. The molecule has 8 heavy (non-hydrogen) atoms. The van der Waals surface area contributed by atoms with Gasteiger partial charge in [0.2, 0.25) is 0 Å². The van der Waals surface area contributed by atoms with Gasteiger partial charge in [0.15, 0.2) is 0 Å². The van der Waals surface area contributed by atoms with E-state index in [1.807, 2.05) is 6.92 Å². The summed E-state index contributed by atoms with van der Waals surface area (Å²) >= 11 is -3.35. The van der Waals surface area contributed by atoms with Crippen molar-refractivity contribution in [3.63, 3.8) is 0 Å². The van der Waals surface area contributed by atoms with Gasteiger partial charge in [0.05, 0.1) is 0 Å². The normalized spacial score (nSPS) is 25.4. The maximum atomic E-state index is 10.7. The van der Waals surface area contributed by atoms with E-state index >= 15 is 0 Å². The van der Waals surface area contributed by atoms with Gasteiger partial charge in [-0.3, -0.25) is 0 Å². The summed E-state index contributed by atoms with van der Waals surface area (Å²) in [6, 6.07) is 0. The van der Waals surface area contributed by atoms with E-state index in [-0.39, 0.29) is 0 Å². The van der Waals surface area contributed by atoms with Gasteiger partial charge in [-0.15, -0.1) is 0 Å². The number of rotatable bonds is 0. The van der Waals surface area contributed by atoms with E-state index in [2.05, 4.69) is 0 Å². The minimum atomic E-state index is -3.35. The fourth-order valence-electron chi connectivity index (χ4n) is 0.734. The number of hydrogen-bond acceptors (Lipinski definition) is 2. The molecule has 0 spiro atoms. The van der Waals surface area contributed by atoms with Crippen LogP contribution in [0.3, 0.4) is 0 Å². The zero-order chi connectivity index (χ0) is 6.20. The van der Waals surface area contributed by atoms with E-state index in [1.54, 1.807) is 6.08 Å². The summed E-state index contributed by atoms with van der Waals surface area (Å²) in [6.07, 6.45) is 1.79. The molecule has 1 heterocycles. The monoisotopic (exact) mass is 180 g/mol. The Balaban J connectivity index is 2.85. The molecule has 0 aromatic rings. The molecule has 0 atom stereocenters. The van der Waals surface area contributed by atoms with Gasteiger partial charge in [0.25, 0.3) is 0 Å². The third-order valence-corrected chi connectivity index (χ3v) is 4.43. The first kappa shape index (κ1) is 5.99. The summed E-state index contributed by atoms with van der Waals surface area (Å²) in [4.78, 5) is 0. The summed E-state index contributed by atoms with van der Waals surface area (Å²) in [5.74, 6) is 0. The third-order valence-electron chi connectivity index (χ3n) is 1.13. The Bertz CT molecular complexity index is 211. The summed E-state index contributed by atoms with van der Waals surface area (Å²) < 4.78 is 21.3. The van der Waals surface area contributed by atoms with Crippen LogP contribution in [0.1, 0.15) is 6.92 Å². The molecule has 0 N–H and O–H groups in total. The van der Waals surface area contributed by atoms with Gasteiger partial charge in [-0.05, 0) is 0 Å². The summed E-state index contributed by atoms with van der Waals surface area (Å²) in [5.41, 5.74) is 1.01. The summed E-state index contributed by atoms with van der Waals surface area (Å²) in [6.45, 7) is 1.86. The van der Waals surface area contributed by atoms with Gasteiger partial charge in [-0.25, -0.2) is 0 Å². The second-order valence-electron chi connectivity index (χ2n) is 2.11. The van der Waals surface area contributed by atoms with Crippen molar-refractivity contribution >= 4 is 12.7 Å². The molecule has 0 saturated heterocycles. The van der Waals surface area contributed by atoms with Crippen LogP contribution in [0.15, 0.2) is 11.6 Å². The fraction of sp³-hybridized carbons (Fsp3) is 0.600. The molecule has 0 amide bonds.